The molecule has 2 aromatic rings. The number of nitrogens with one attached hydrogen (secondary N) is 1. The van der Waals surface area contributed by atoms with Gasteiger partial charge >= 0.3 is 0 Å². The maximum absolute atomic E-state index is 12.0. The second-order valence-corrected chi connectivity index (χ2v) is 5.37. The highest BCUT2D eigenvalue weighted by molar-refractivity contribution is 5.94. The Morgan fingerprint density at radius 2 is 1.68 bits per heavy atom. The molecule has 22 heavy (non-hydrogen) atoms. The van der Waals surface area contributed by atoms with Gasteiger partial charge in [0, 0.05) is 12.1 Å². The van der Waals surface area contributed by atoms with Crippen LogP contribution >= 0.6 is 0 Å². The van der Waals surface area contributed by atoms with E-state index in [0.29, 0.717) is 12.1 Å². The smallest absolute Gasteiger partial charge is 0.251 e. The first-order valence-corrected chi connectivity index (χ1v) is 7.60. The summed E-state index contributed by atoms with van der Waals surface area (Å²) in [7, 11) is 0. The lowest BCUT2D eigenvalue weighted by molar-refractivity contribution is 0.0958. The molecule has 3 rings (SSSR count). The molecule has 0 aromatic heterocycles. The Balaban J connectivity index is 1.55. The quantitative estimate of drug-likeness (QED) is 0.834. The Morgan fingerprint density at radius 3 is 2.32 bits per heavy atom. The molecule has 0 unspecified atom stereocenters. The Labute approximate surface area is 130 Å². The molecule has 0 spiro atoms. The molecule has 1 aliphatic carbocycles. The summed E-state index contributed by atoms with van der Waals surface area (Å²) in [5.74, 6) is 1.45. The van der Waals surface area contributed by atoms with E-state index >= 15 is 0 Å². The van der Waals surface area contributed by atoms with Crippen LogP contribution in [0.3, 0.4) is 0 Å². The van der Waals surface area contributed by atoms with E-state index in [1.807, 2.05) is 42.5 Å². The van der Waals surface area contributed by atoms with E-state index in [2.05, 4.69) is 11.4 Å². The van der Waals surface area contributed by atoms with Gasteiger partial charge in [0.1, 0.15) is 11.5 Å². The monoisotopic (exact) mass is 293 g/mol. The van der Waals surface area contributed by atoms with E-state index in [4.69, 9.17) is 4.74 Å². The predicted octanol–water partition coefficient (Wildman–Crippen LogP) is 4.32. The third-order valence-electron chi connectivity index (χ3n) is 3.74. The molecule has 1 N–H and O–H groups in total. The fraction of sp³-hybridized carbons (Fsp3) is 0.211. The zero-order chi connectivity index (χ0) is 15.2. The number of benzene rings is 2. The minimum atomic E-state index is -0.0533. The molecule has 0 saturated heterocycles. The van der Waals surface area contributed by atoms with Crippen LogP contribution in [-0.4, -0.2) is 12.5 Å². The van der Waals surface area contributed by atoms with Gasteiger partial charge in [-0.15, -0.1) is 0 Å². The molecule has 2 aromatic carbocycles. The highest BCUT2D eigenvalue weighted by Crippen LogP contribution is 2.24. The molecule has 0 bridgehead atoms. The molecule has 3 nitrogen and oxygen atoms in total. The van der Waals surface area contributed by atoms with E-state index in [0.717, 1.165) is 11.5 Å². The summed E-state index contributed by atoms with van der Waals surface area (Å²) in [6.07, 6.45) is 5.76. The van der Waals surface area contributed by atoms with E-state index in [1.54, 1.807) is 12.1 Å². The molecular formula is C19H19NO2. The highest BCUT2D eigenvalue weighted by Gasteiger charge is 2.08. The van der Waals surface area contributed by atoms with Crippen LogP contribution in [-0.2, 0) is 0 Å². The molecule has 1 fully saturated rings. The van der Waals surface area contributed by atoms with Crippen molar-refractivity contribution in [2.24, 2.45) is 0 Å². The number of allylic oxidation sites excluding steroid dienone is 1. The van der Waals surface area contributed by atoms with E-state index < -0.39 is 0 Å². The zero-order valence-electron chi connectivity index (χ0n) is 12.4. The summed E-state index contributed by atoms with van der Waals surface area (Å²) in [6.45, 7) is 0.608. The Hall–Kier alpha value is -2.55. The number of hydrogen-bond acceptors (Lipinski definition) is 2. The van der Waals surface area contributed by atoms with Crippen molar-refractivity contribution < 1.29 is 9.53 Å². The molecule has 0 radical (unpaired) electrons. The second kappa shape index (κ2) is 6.94. The lowest BCUT2D eigenvalue weighted by Gasteiger charge is -2.15. The van der Waals surface area contributed by atoms with Crippen LogP contribution in [0.5, 0.6) is 11.5 Å². The first-order chi connectivity index (χ1) is 10.8. The first-order valence-electron chi connectivity index (χ1n) is 7.60. The maximum atomic E-state index is 12.0. The van der Waals surface area contributed by atoms with Crippen molar-refractivity contribution in [2.45, 2.75) is 19.3 Å². The Bertz CT molecular complexity index is 654. The predicted molar refractivity (Wildman–Crippen MR) is 87.2 cm³/mol. The van der Waals surface area contributed by atoms with Gasteiger partial charge in [-0.05, 0) is 55.7 Å². The minimum Gasteiger partial charge on any atom is -0.457 e. The molecule has 1 amide bonds. The first kappa shape index (κ1) is 14.4. The number of carbonyl (C=O) groups is 1. The van der Waals surface area contributed by atoms with Crippen molar-refractivity contribution in [3.05, 3.63) is 71.8 Å². The van der Waals surface area contributed by atoms with Gasteiger partial charge in [-0.2, -0.15) is 0 Å². The van der Waals surface area contributed by atoms with Crippen molar-refractivity contribution in [2.75, 3.05) is 6.54 Å². The highest BCUT2D eigenvalue weighted by atomic mass is 16.5. The van der Waals surface area contributed by atoms with Crippen LogP contribution in [0.25, 0.3) is 0 Å². The van der Waals surface area contributed by atoms with Gasteiger partial charge in [-0.1, -0.05) is 29.8 Å². The summed E-state index contributed by atoms with van der Waals surface area (Å²) < 4.78 is 5.71. The van der Waals surface area contributed by atoms with Gasteiger partial charge in [-0.3, -0.25) is 4.79 Å². The fourth-order valence-electron chi connectivity index (χ4n) is 2.27. The normalized spacial score (nSPS) is 13.2. The number of rotatable bonds is 5. The molecule has 112 valence electrons. The van der Waals surface area contributed by atoms with Gasteiger partial charge in [0.2, 0.25) is 0 Å². The molecule has 0 aliphatic heterocycles. The number of ether oxygens (including phenoxy) is 1. The fourth-order valence-corrected chi connectivity index (χ4v) is 2.27. The molecule has 1 aliphatic rings. The molecule has 0 heterocycles. The van der Waals surface area contributed by atoms with Gasteiger partial charge in [0.25, 0.3) is 5.91 Å². The standard InChI is InChI=1S/C19H19NO2/c21-19(20-14-13-15-5-4-6-15)16-9-11-18(12-10-16)22-17-7-2-1-3-8-17/h1-3,7-13H,4-6,14H2,(H,20,21). The topological polar surface area (TPSA) is 38.3 Å². The third-order valence-corrected chi connectivity index (χ3v) is 3.74. The third kappa shape index (κ3) is 3.76. The number of hydrogen-bond donors (Lipinski definition) is 1. The summed E-state index contributed by atoms with van der Waals surface area (Å²) in [5.41, 5.74) is 2.10. The second-order valence-electron chi connectivity index (χ2n) is 5.37. The van der Waals surface area contributed by atoms with Crippen molar-refractivity contribution in [1.82, 2.24) is 5.32 Å². The van der Waals surface area contributed by atoms with E-state index in [9.17, 15) is 4.79 Å². The van der Waals surface area contributed by atoms with Crippen molar-refractivity contribution >= 4 is 5.91 Å². The summed E-state index contributed by atoms with van der Waals surface area (Å²) in [4.78, 5) is 12.0. The van der Waals surface area contributed by atoms with Gasteiger partial charge in [0.15, 0.2) is 0 Å². The van der Waals surface area contributed by atoms with Crippen LogP contribution < -0.4 is 10.1 Å². The summed E-state index contributed by atoms with van der Waals surface area (Å²) in [6, 6.07) is 16.8. The zero-order valence-corrected chi connectivity index (χ0v) is 12.4. The number of amides is 1. The van der Waals surface area contributed by atoms with Crippen molar-refractivity contribution in [3.63, 3.8) is 0 Å². The van der Waals surface area contributed by atoms with E-state index in [1.165, 1.54) is 24.8 Å². The summed E-state index contributed by atoms with van der Waals surface area (Å²) in [5, 5.41) is 2.91. The van der Waals surface area contributed by atoms with E-state index in [-0.39, 0.29) is 5.91 Å². The average Bonchev–Trinajstić information content (AvgIpc) is 2.51. The van der Waals surface area contributed by atoms with Crippen LogP contribution in [0.1, 0.15) is 29.6 Å². The lowest BCUT2D eigenvalue weighted by Crippen LogP contribution is -2.23. The van der Waals surface area contributed by atoms with Gasteiger partial charge in [-0.25, -0.2) is 0 Å². The van der Waals surface area contributed by atoms with Gasteiger partial charge in [0.05, 0.1) is 0 Å². The van der Waals surface area contributed by atoms with Crippen molar-refractivity contribution in [1.29, 1.82) is 0 Å². The lowest BCUT2D eigenvalue weighted by atomic mass is 9.92. The largest absolute Gasteiger partial charge is 0.457 e. The Morgan fingerprint density at radius 1 is 1.00 bits per heavy atom. The SMILES string of the molecule is O=C(NCC=C1CCC1)c1ccc(Oc2ccccc2)cc1. The Kier molecular flexibility index (Phi) is 4.54. The van der Waals surface area contributed by atoms with Crippen LogP contribution in [0.2, 0.25) is 0 Å². The van der Waals surface area contributed by atoms with Crippen LogP contribution in [0, 0.1) is 0 Å². The average molecular weight is 293 g/mol. The molecule has 3 heteroatoms. The minimum absolute atomic E-state index is 0.0533. The van der Waals surface area contributed by atoms with Gasteiger partial charge < -0.3 is 10.1 Å². The van der Waals surface area contributed by atoms with Crippen LogP contribution in [0.15, 0.2) is 66.2 Å². The number of para-hydroxylation sites is 1. The molecular weight excluding hydrogens is 274 g/mol. The maximum Gasteiger partial charge on any atom is 0.251 e. The number of carbonyl (C=O) groups excluding carboxylic acids is 1. The molecule has 1 saturated carbocycles. The van der Waals surface area contributed by atoms with Crippen LogP contribution in [0.4, 0.5) is 0 Å². The summed E-state index contributed by atoms with van der Waals surface area (Å²) >= 11 is 0. The van der Waals surface area contributed by atoms with Crippen molar-refractivity contribution in [3.8, 4) is 11.5 Å². The molecule has 0 atom stereocenters.